The molecular weight excluding hydrogens is 516 g/mol. The van der Waals surface area contributed by atoms with Gasteiger partial charge in [0.05, 0.1) is 12.7 Å². The summed E-state index contributed by atoms with van der Waals surface area (Å²) >= 11 is 0. The SMILES string of the molecule is CCC(CC[C@@H](C)C1CCC2C3CC=C4CC(OC5OC(CO)C(O)C(O)C5O)CCC4(C)C3CCC21C)C(C)C. The Balaban J connectivity index is 1.24. The van der Waals surface area contributed by atoms with Gasteiger partial charge >= 0.3 is 0 Å². The Morgan fingerprint density at radius 3 is 2.39 bits per heavy atom. The van der Waals surface area contributed by atoms with Crippen LogP contribution >= 0.6 is 0 Å². The number of aliphatic hydroxyl groups excluding tert-OH is 4. The molecule has 1 saturated heterocycles. The van der Waals surface area contributed by atoms with E-state index in [-0.39, 0.29) is 11.5 Å². The molecule has 0 aromatic heterocycles. The van der Waals surface area contributed by atoms with Crippen molar-refractivity contribution in [1.29, 1.82) is 0 Å². The average molecular weight is 577 g/mol. The summed E-state index contributed by atoms with van der Waals surface area (Å²) in [7, 11) is 0. The molecule has 4 fully saturated rings. The van der Waals surface area contributed by atoms with Crippen molar-refractivity contribution in [2.24, 2.45) is 52.3 Å². The van der Waals surface area contributed by atoms with Gasteiger partial charge in [0.2, 0.25) is 0 Å². The summed E-state index contributed by atoms with van der Waals surface area (Å²) in [4.78, 5) is 0. The zero-order chi connectivity index (χ0) is 29.7. The van der Waals surface area contributed by atoms with Crippen LogP contribution in [-0.4, -0.2) is 63.8 Å². The van der Waals surface area contributed by atoms with Crippen LogP contribution in [0.2, 0.25) is 0 Å². The number of fused-ring (bicyclic) bond motifs is 5. The first kappa shape index (κ1) is 31.9. The molecule has 4 N–H and O–H groups in total. The molecule has 0 radical (unpaired) electrons. The van der Waals surface area contributed by atoms with E-state index in [0.717, 1.165) is 60.7 Å². The summed E-state index contributed by atoms with van der Waals surface area (Å²) < 4.78 is 11.9. The summed E-state index contributed by atoms with van der Waals surface area (Å²) in [6, 6.07) is 0. The zero-order valence-corrected chi connectivity index (χ0v) is 26.7. The second-order valence-electron chi connectivity index (χ2n) is 15.7. The zero-order valence-electron chi connectivity index (χ0n) is 26.7. The van der Waals surface area contributed by atoms with Gasteiger partial charge in [0, 0.05) is 0 Å². The molecule has 4 aliphatic carbocycles. The van der Waals surface area contributed by atoms with Crippen molar-refractivity contribution in [3.8, 4) is 0 Å². The van der Waals surface area contributed by atoms with Crippen LogP contribution < -0.4 is 0 Å². The van der Waals surface area contributed by atoms with Gasteiger partial charge in [-0.05, 0) is 110 Å². The Bertz CT molecular complexity index is 918. The molecule has 1 heterocycles. The lowest BCUT2D eigenvalue weighted by molar-refractivity contribution is -0.313. The number of aliphatic hydroxyl groups is 4. The van der Waals surface area contributed by atoms with Gasteiger partial charge in [-0.3, -0.25) is 0 Å². The summed E-state index contributed by atoms with van der Waals surface area (Å²) in [5.41, 5.74) is 2.19. The highest BCUT2D eigenvalue weighted by molar-refractivity contribution is 5.25. The molecule has 3 saturated carbocycles. The fraction of sp³-hybridized carbons (Fsp3) is 0.943. The quantitative estimate of drug-likeness (QED) is 0.257. The molecule has 41 heavy (non-hydrogen) atoms. The van der Waals surface area contributed by atoms with Crippen LogP contribution in [-0.2, 0) is 9.47 Å². The molecule has 0 bridgehead atoms. The maximum absolute atomic E-state index is 10.5. The first-order chi connectivity index (χ1) is 19.4. The third kappa shape index (κ3) is 5.73. The van der Waals surface area contributed by atoms with Crippen molar-refractivity contribution < 1.29 is 29.9 Å². The molecule has 0 aromatic carbocycles. The standard InChI is InChI=1S/C35H60O6/c1-7-22(20(2)3)9-8-21(4)26-12-13-27-25-11-10-23-18-24(14-16-34(23,5)28(25)15-17-35(26,27)6)40-33-32(39)31(38)30(37)29(19-36)41-33/h10,20-22,24-33,36-39H,7-9,11-19H2,1-6H3/t21-,22?,24?,25?,26?,27?,28?,29?,30?,31?,32?,33?,34?,35?/m1/s1. The topological polar surface area (TPSA) is 99.4 Å². The van der Waals surface area contributed by atoms with E-state index in [2.05, 4.69) is 47.6 Å². The van der Waals surface area contributed by atoms with Crippen LogP contribution in [0.5, 0.6) is 0 Å². The van der Waals surface area contributed by atoms with Crippen LogP contribution in [0.3, 0.4) is 0 Å². The number of hydrogen-bond acceptors (Lipinski definition) is 6. The normalized spacial score (nSPS) is 47.7. The largest absolute Gasteiger partial charge is 0.394 e. The van der Waals surface area contributed by atoms with Crippen molar-refractivity contribution in [2.45, 2.75) is 149 Å². The average Bonchev–Trinajstić information content (AvgIpc) is 3.30. The number of hydrogen-bond donors (Lipinski definition) is 4. The van der Waals surface area contributed by atoms with Crippen molar-refractivity contribution in [2.75, 3.05) is 6.61 Å². The minimum atomic E-state index is -1.40. The second-order valence-corrected chi connectivity index (χ2v) is 15.7. The minimum absolute atomic E-state index is 0.101. The summed E-state index contributed by atoms with van der Waals surface area (Å²) in [5.74, 6) is 5.66. The van der Waals surface area contributed by atoms with E-state index in [1.54, 1.807) is 0 Å². The molecule has 6 nitrogen and oxygen atoms in total. The Morgan fingerprint density at radius 2 is 1.71 bits per heavy atom. The minimum Gasteiger partial charge on any atom is -0.394 e. The fourth-order valence-corrected chi connectivity index (χ4v) is 10.8. The molecule has 0 spiro atoms. The van der Waals surface area contributed by atoms with Gasteiger partial charge < -0.3 is 29.9 Å². The summed E-state index contributed by atoms with van der Waals surface area (Å²) in [6.45, 7) is 14.5. The maximum atomic E-state index is 10.5. The first-order valence-corrected chi connectivity index (χ1v) is 17.1. The van der Waals surface area contributed by atoms with E-state index in [1.807, 2.05) is 0 Å². The van der Waals surface area contributed by atoms with Crippen molar-refractivity contribution in [3.63, 3.8) is 0 Å². The van der Waals surface area contributed by atoms with Gasteiger partial charge in [-0.25, -0.2) is 0 Å². The lowest BCUT2D eigenvalue weighted by atomic mass is 9.47. The summed E-state index contributed by atoms with van der Waals surface area (Å²) in [5, 5.41) is 40.4. The lowest BCUT2D eigenvalue weighted by Gasteiger charge is -2.58. The van der Waals surface area contributed by atoms with Crippen LogP contribution in [0.15, 0.2) is 11.6 Å². The van der Waals surface area contributed by atoms with Gasteiger partial charge in [0.15, 0.2) is 6.29 Å². The van der Waals surface area contributed by atoms with E-state index in [9.17, 15) is 20.4 Å². The van der Waals surface area contributed by atoms with Gasteiger partial charge in [-0.2, -0.15) is 0 Å². The van der Waals surface area contributed by atoms with Crippen molar-refractivity contribution in [3.05, 3.63) is 11.6 Å². The molecule has 5 rings (SSSR count). The highest BCUT2D eigenvalue weighted by atomic mass is 16.7. The molecule has 13 unspecified atom stereocenters. The highest BCUT2D eigenvalue weighted by Gasteiger charge is 2.59. The van der Waals surface area contributed by atoms with E-state index in [4.69, 9.17) is 9.47 Å². The lowest BCUT2D eigenvalue weighted by Crippen LogP contribution is -2.60. The van der Waals surface area contributed by atoms with Crippen LogP contribution in [0.4, 0.5) is 0 Å². The van der Waals surface area contributed by atoms with Crippen LogP contribution in [0.1, 0.15) is 112 Å². The highest BCUT2D eigenvalue weighted by Crippen LogP contribution is 2.67. The predicted molar refractivity (Wildman–Crippen MR) is 161 cm³/mol. The number of rotatable bonds is 9. The molecule has 14 atom stereocenters. The smallest absolute Gasteiger partial charge is 0.186 e. The monoisotopic (exact) mass is 576 g/mol. The molecule has 0 amide bonds. The number of allylic oxidation sites excluding steroid dienone is 1. The van der Waals surface area contributed by atoms with E-state index in [1.165, 1.54) is 56.9 Å². The third-order valence-corrected chi connectivity index (χ3v) is 13.5. The Morgan fingerprint density at radius 1 is 0.951 bits per heavy atom. The molecule has 0 aromatic rings. The molecule has 5 aliphatic rings. The van der Waals surface area contributed by atoms with Gasteiger partial charge in [0.25, 0.3) is 0 Å². The molecule has 1 aliphatic heterocycles. The molecule has 6 heteroatoms. The van der Waals surface area contributed by atoms with Gasteiger partial charge in [0.1, 0.15) is 24.4 Å². The fourth-order valence-electron chi connectivity index (χ4n) is 10.8. The van der Waals surface area contributed by atoms with E-state index >= 15 is 0 Å². The van der Waals surface area contributed by atoms with Crippen molar-refractivity contribution in [1.82, 2.24) is 0 Å². The van der Waals surface area contributed by atoms with Gasteiger partial charge in [-0.1, -0.05) is 66.0 Å². The van der Waals surface area contributed by atoms with E-state index in [0.29, 0.717) is 5.41 Å². The number of ether oxygens (including phenoxy) is 2. The van der Waals surface area contributed by atoms with Crippen LogP contribution in [0.25, 0.3) is 0 Å². The molecule has 236 valence electrons. The van der Waals surface area contributed by atoms with Crippen LogP contribution in [0, 0.1) is 52.3 Å². The Labute approximate surface area is 249 Å². The first-order valence-electron chi connectivity index (χ1n) is 17.1. The van der Waals surface area contributed by atoms with Crippen molar-refractivity contribution >= 4 is 0 Å². The Kier molecular flexibility index (Phi) is 9.71. The Hall–Kier alpha value is -0.500. The van der Waals surface area contributed by atoms with E-state index < -0.39 is 37.3 Å². The predicted octanol–water partition coefficient (Wildman–Crippen LogP) is 5.85. The summed E-state index contributed by atoms with van der Waals surface area (Å²) in [6.07, 6.45) is 9.92. The third-order valence-electron chi connectivity index (χ3n) is 13.5. The van der Waals surface area contributed by atoms with Gasteiger partial charge in [-0.15, -0.1) is 0 Å². The molecular formula is C35H60O6. The second kappa shape index (κ2) is 12.5. The maximum Gasteiger partial charge on any atom is 0.186 e.